The molecule has 2 aromatic rings. The van der Waals surface area contributed by atoms with Gasteiger partial charge in [0.25, 0.3) is 5.69 Å². The van der Waals surface area contributed by atoms with Crippen molar-refractivity contribution in [1.29, 1.82) is 0 Å². The highest BCUT2D eigenvalue weighted by atomic mass is 32.2. The van der Waals surface area contributed by atoms with Crippen LogP contribution in [0, 0.1) is 10.1 Å². The standard InChI is InChI=1S/C11H10N4O4S/c16-15(17)10-3-1-2-4-11(10)20(18,19)14-7-9-5-12-8-13-6-9/h1-6,8,14H,7H2. The molecule has 1 aromatic heterocycles. The monoisotopic (exact) mass is 294 g/mol. The molecule has 0 atom stereocenters. The Hall–Kier alpha value is -2.39. The van der Waals surface area contributed by atoms with Crippen molar-refractivity contribution in [2.75, 3.05) is 0 Å². The lowest BCUT2D eigenvalue weighted by Gasteiger charge is -2.06. The molecule has 0 fully saturated rings. The van der Waals surface area contributed by atoms with Crippen molar-refractivity contribution in [2.45, 2.75) is 11.4 Å². The number of hydrogen-bond donors (Lipinski definition) is 1. The quantitative estimate of drug-likeness (QED) is 0.646. The molecule has 104 valence electrons. The first-order valence-corrected chi connectivity index (χ1v) is 6.96. The number of aromatic nitrogens is 2. The van der Waals surface area contributed by atoms with Crippen LogP contribution in [0.5, 0.6) is 0 Å². The molecule has 0 saturated heterocycles. The number of para-hydroxylation sites is 1. The Morgan fingerprint density at radius 2 is 1.85 bits per heavy atom. The first-order chi connectivity index (χ1) is 9.50. The van der Waals surface area contributed by atoms with E-state index in [-0.39, 0.29) is 11.4 Å². The van der Waals surface area contributed by atoms with Crippen LogP contribution in [0.3, 0.4) is 0 Å². The predicted molar refractivity (Wildman–Crippen MR) is 69.2 cm³/mol. The number of rotatable bonds is 5. The minimum Gasteiger partial charge on any atom is -0.258 e. The molecule has 8 nitrogen and oxygen atoms in total. The Bertz CT molecular complexity index is 718. The second-order valence-corrected chi connectivity index (χ2v) is 5.53. The number of sulfonamides is 1. The molecule has 0 aliphatic heterocycles. The average Bonchev–Trinajstić information content (AvgIpc) is 2.46. The van der Waals surface area contributed by atoms with Crippen molar-refractivity contribution < 1.29 is 13.3 Å². The van der Waals surface area contributed by atoms with E-state index in [4.69, 9.17) is 0 Å². The van der Waals surface area contributed by atoms with Crippen LogP contribution in [0.1, 0.15) is 5.56 Å². The summed E-state index contributed by atoms with van der Waals surface area (Å²) in [6.07, 6.45) is 4.23. The fourth-order valence-electron chi connectivity index (χ4n) is 1.51. The number of benzene rings is 1. The van der Waals surface area contributed by atoms with E-state index in [9.17, 15) is 18.5 Å². The maximum absolute atomic E-state index is 12.1. The van der Waals surface area contributed by atoms with Crippen LogP contribution in [-0.4, -0.2) is 23.3 Å². The van der Waals surface area contributed by atoms with Crippen molar-refractivity contribution >= 4 is 15.7 Å². The van der Waals surface area contributed by atoms with Crippen LogP contribution in [0.25, 0.3) is 0 Å². The highest BCUT2D eigenvalue weighted by Gasteiger charge is 2.24. The van der Waals surface area contributed by atoms with Gasteiger partial charge in [0, 0.05) is 30.6 Å². The van der Waals surface area contributed by atoms with Crippen LogP contribution in [0.2, 0.25) is 0 Å². The van der Waals surface area contributed by atoms with Gasteiger partial charge in [-0.25, -0.2) is 23.1 Å². The molecule has 0 spiro atoms. The van der Waals surface area contributed by atoms with Gasteiger partial charge >= 0.3 is 0 Å². The van der Waals surface area contributed by atoms with E-state index in [0.29, 0.717) is 5.56 Å². The largest absolute Gasteiger partial charge is 0.289 e. The molecular weight excluding hydrogens is 284 g/mol. The van der Waals surface area contributed by atoms with E-state index < -0.39 is 20.6 Å². The highest BCUT2D eigenvalue weighted by Crippen LogP contribution is 2.22. The number of hydrogen-bond acceptors (Lipinski definition) is 6. The Morgan fingerprint density at radius 1 is 1.20 bits per heavy atom. The Labute approximate surface area is 114 Å². The summed E-state index contributed by atoms with van der Waals surface area (Å²) in [6, 6.07) is 5.15. The first-order valence-electron chi connectivity index (χ1n) is 5.47. The van der Waals surface area contributed by atoms with Crippen molar-refractivity contribution in [3.63, 3.8) is 0 Å². The molecule has 0 amide bonds. The Balaban J connectivity index is 2.25. The zero-order valence-electron chi connectivity index (χ0n) is 10.1. The van der Waals surface area contributed by atoms with Gasteiger partial charge in [-0.15, -0.1) is 0 Å². The smallest absolute Gasteiger partial charge is 0.258 e. The number of nitro benzene ring substituents is 1. The van der Waals surface area contributed by atoms with E-state index in [1.807, 2.05) is 0 Å². The summed E-state index contributed by atoms with van der Waals surface area (Å²) in [5, 5.41) is 10.8. The van der Waals surface area contributed by atoms with Crippen LogP contribution in [0.4, 0.5) is 5.69 Å². The zero-order chi connectivity index (χ0) is 14.6. The van der Waals surface area contributed by atoms with Gasteiger partial charge in [-0.3, -0.25) is 10.1 Å². The summed E-state index contributed by atoms with van der Waals surface area (Å²) < 4.78 is 26.4. The SMILES string of the molecule is O=[N+]([O-])c1ccccc1S(=O)(=O)NCc1cncnc1. The van der Waals surface area contributed by atoms with E-state index in [0.717, 1.165) is 6.07 Å². The van der Waals surface area contributed by atoms with Gasteiger partial charge in [0.1, 0.15) is 6.33 Å². The predicted octanol–water partition coefficient (Wildman–Crippen LogP) is 0.863. The van der Waals surface area contributed by atoms with Gasteiger partial charge in [-0.1, -0.05) is 12.1 Å². The summed E-state index contributed by atoms with van der Waals surface area (Å²) in [5.74, 6) is 0. The fourth-order valence-corrected chi connectivity index (χ4v) is 2.70. The topological polar surface area (TPSA) is 115 Å². The fraction of sp³-hybridized carbons (Fsp3) is 0.0909. The van der Waals surface area contributed by atoms with E-state index in [1.165, 1.54) is 36.9 Å². The molecule has 0 aliphatic carbocycles. The van der Waals surface area contributed by atoms with E-state index in [2.05, 4.69) is 14.7 Å². The Morgan fingerprint density at radius 3 is 2.50 bits per heavy atom. The maximum atomic E-state index is 12.1. The summed E-state index contributed by atoms with van der Waals surface area (Å²) in [6.45, 7) is -0.0464. The number of nitrogens with zero attached hydrogens (tertiary/aromatic N) is 3. The van der Waals surface area contributed by atoms with Crippen LogP contribution >= 0.6 is 0 Å². The van der Waals surface area contributed by atoms with Crippen LogP contribution in [-0.2, 0) is 16.6 Å². The van der Waals surface area contributed by atoms with Crippen LogP contribution in [0.15, 0.2) is 47.9 Å². The molecule has 1 aromatic carbocycles. The Kier molecular flexibility index (Phi) is 4.01. The van der Waals surface area contributed by atoms with Gasteiger partial charge in [-0.05, 0) is 6.07 Å². The molecule has 0 radical (unpaired) electrons. The van der Waals surface area contributed by atoms with Gasteiger partial charge in [0.05, 0.1) is 4.92 Å². The molecule has 1 heterocycles. The van der Waals surface area contributed by atoms with Crippen molar-refractivity contribution in [2.24, 2.45) is 0 Å². The molecule has 2 rings (SSSR count). The highest BCUT2D eigenvalue weighted by molar-refractivity contribution is 7.89. The summed E-state index contributed by atoms with van der Waals surface area (Å²) in [7, 11) is -3.98. The van der Waals surface area contributed by atoms with Gasteiger partial charge in [0.2, 0.25) is 10.0 Å². The van der Waals surface area contributed by atoms with Gasteiger partial charge in [0.15, 0.2) is 4.90 Å². The van der Waals surface area contributed by atoms with E-state index >= 15 is 0 Å². The molecule has 20 heavy (non-hydrogen) atoms. The first kappa shape index (κ1) is 14.0. The lowest BCUT2D eigenvalue weighted by Crippen LogP contribution is -2.24. The van der Waals surface area contributed by atoms with Gasteiger partial charge < -0.3 is 0 Å². The van der Waals surface area contributed by atoms with E-state index in [1.54, 1.807) is 0 Å². The third-order valence-corrected chi connectivity index (χ3v) is 3.88. The third kappa shape index (κ3) is 3.13. The third-order valence-electron chi connectivity index (χ3n) is 2.43. The molecule has 0 saturated carbocycles. The maximum Gasteiger partial charge on any atom is 0.289 e. The minimum atomic E-state index is -3.98. The number of nitro groups is 1. The zero-order valence-corrected chi connectivity index (χ0v) is 10.9. The summed E-state index contributed by atoms with van der Waals surface area (Å²) in [4.78, 5) is 17.2. The average molecular weight is 294 g/mol. The second-order valence-electron chi connectivity index (χ2n) is 3.80. The minimum absolute atomic E-state index is 0.0464. The summed E-state index contributed by atoms with van der Waals surface area (Å²) >= 11 is 0. The van der Waals surface area contributed by atoms with Gasteiger partial charge in [-0.2, -0.15) is 0 Å². The molecule has 1 N–H and O–H groups in total. The summed E-state index contributed by atoms with van der Waals surface area (Å²) in [5.41, 5.74) is 0.0824. The van der Waals surface area contributed by atoms with Crippen molar-refractivity contribution in [3.05, 3.63) is 58.7 Å². The molecule has 0 bridgehead atoms. The van der Waals surface area contributed by atoms with Crippen molar-refractivity contribution in [1.82, 2.24) is 14.7 Å². The lowest BCUT2D eigenvalue weighted by atomic mass is 10.3. The van der Waals surface area contributed by atoms with Crippen molar-refractivity contribution in [3.8, 4) is 0 Å². The molecule has 9 heteroatoms. The number of nitrogens with one attached hydrogen (secondary N) is 1. The molecular formula is C11H10N4O4S. The molecule has 0 unspecified atom stereocenters. The second kappa shape index (κ2) is 5.72. The normalized spacial score (nSPS) is 11.2. The molecule has 0 aliphatic rings. The van der Waals surface area contributed by atoms with Crippen LogP contribution < -0.4 is 4.72 Å². The lowest BCUT2D eigenvalue weighted by molar-refractivity contribution is -0.387.